The number of nitriles is 1. The monoisotopic (exact) mass is 559 g/mol. The van der Waals surface area contributed by atoms with E-state index in [9.17, 15) is 32.8 Å². The number of carbonyl (C=O) groups excluding carboxylic acids is 3. The van der Waals surface area contributed by atoms with Gasteiger partial charge in [0.25, 0.3) is 0 Å². The van der Waals surface area contributed by atoms with E-state index in [1.807, 2.05) is 19.2 Å². The number of aromatic nitrogens is 1. The Kier molecular flexibility index (Phi) is 7.24. The van der Waals surface area contributed by atoms with Crippen molar-refractivity contribution in [3.63, 3.8) is 0 Å². The van der Waals surface area contributed by atoms with E-state index in [0.717, 1.165) is 5.39 Å². The van der Waals surface area contributed by atoms with Crippen molar-refractivity contribution in [2.75, 3.05) is 13.7 Å². The Morgan fingerprint density at radius 1 is 1.18 bits per heavy atom. The number of halogens is 3. The maximum Gasteiger partial charge on any atom is 0.471 e. The summed E-state index contributed by atoms with van der Waals surface area (Å²) in [5.74, 6) is -3.83. The molecule has 1 aliphatic carbocycles. The number of methoxy groups -OCH3 is 1. The molecule has 0 spiro atoms. The Morgan fingerprint density at radius 2 is 1.82 bits per heavy atom. The predicted molar refractivity (Wildman–Crippen MR) is 138 cm³/mol. The lowest BCUT2D eigenvalue weighted by atomic mass is 9.85. The Hall–Kier alpha value is -3.88. The molecule has 1 aromatic carbocycles. The van der Waals surface area contributed by atoms with E-state index in [1.54, 1.807) is 30.5 Å². The van der Waals surface area contributed by atoms with E-state index in [1.165, 1.54) is 32.8 Å². The molecule has 9 nitrogen and oxygen atoms in total. The molecule has 2 aliphatic rings. The lowest BCUT2D eigenvalue weighted by Gasteiger charge is -2.37. The summed E-state index contributed by atoms with van der Waals surface area (Å²) in [4.78, 5) is 44.9. The van der Waals surface area contributed by atoms with Crippen molar-refractivity contribution in [3.05, 3.63) is 36.0 Å². The van der Waals surface area contributed by atoms with Gasteiger partial charge in [-0.05, 0) is 28.1 Å². The van der Waals surface area contributed by atoms with Crippen molar-refractivity contribution in [1.82, 2.24) is 20.5 Å². The van der Waals surface area contributed by atoms with Gasteiger partial charge in [0.15, 0.2) is 0 Å². The highest BCUT2D eigenvalue weighted by atomic mass is 19.4. The molecule has 4 rings (SSSR count). The highest BCUT2D eigenvalue weighted by molar-refractivity contribution is 5.95. The van der Waals surface area contributed by atoms with Gasteiger partial charge in [-0.2, -0.15) is 18.4 Å². The molecule has 1 saturated heterocycles. The van der Waals surface area contributed by atoms with Gasteiger partial charge in [-0.3, -0.25) is 14.4 Å². The number of amides is 3. The Morgan fingerprint density at radius 3 is 2.40 bits per heavy atom. The van der Waals surface area contributed by atoms with Crippen LogP contribution in [0.3, 0.4) is 0 Å². The van der Waals surface area contributed by atoms with Gasteiger partial charge in [0.2, 0.25) is 17.7 Å². The second-order valence-electron chi connectivity index (χ2n) is 12.0. The molecular formula is C28H32F3N5O4. The molecule has 5 atom stereocenters. The van der Waals surface area contributed by atoms with Crippen molar-refractivity contribution >= 4 is 28.5 Å². The number of fused-ring (bicyclic) bond motifs is 2. The number of nitrogens with zero attached hydrogens (tertiary/aromatic N) is 3. The maximum atomic E-state index is 13.8. The van der Waals surface area contributed by atoms with E-state index in [2.05, 4.69) is 16.4 Å². The van der Waals surface area contributed by atoms with E-state index in [-0.39, 0.29) is 29.7 Å². The van der Waals surface area contributed by atoms with Crippen LogP contribution in [0.1, 0.15) is 46.2 Å². The molecule has 5 unspecified atom stereocenters. The van der Waals surface area contributed by atoms with E-state index in [0.29, 0.717) is 10.9 Å². The fourth-order valence-corrected chi connectivity index (χ4v) is 5.85. The van der Waals surface area contributed by atoms with E-state index in [4.69, 9.17) is 4.74 Å². The molecule has 214 valence electrons. The number of piperidine rings is 1. The van der Waals surface area contributed by atoms with Gasteiger partial charge < -0.3 is 20.3 Å². The Labute approximate surface area is 230 Å². The number of benzene rings is 1. The molecule has 0 bridgehead atoms. The molecule has 1 aliphatic heterocycles. The number of carbonyl (C=O) groups is 3. The first kappa shape index (κ1) is 29.1. The molecule has 0 radical (unpaired) electrons. The molecule has 2 N–H and O–H groups in total. The predicted octanol–water partition coefficient (Wildman–Crippen LogP) is 3.50. The van der Waals surface area contributed by atoms with Crippen LogP contribution in [0.15, 0.2) is 30.5 Å². The van der Waals surface area contributed by atoms with Gasteiger partial charge in [-0.25, -0.2) is 4.98 Å². The molecule has 1 saturated carbocycles. The quantitative estimate of drug-likeness (QED) is 0.558. The molecule has 3 amide bonds. The van der Waals surface area contributed by atoms with E-state index >= 15 is 0 Å². The summed E-state index contributed by atoms with van der Waals surface area (Å²) in [6.07, 6.45) is -3.59. The first-order chi connectivity index (χ1) is 18.5. The third-order valence-electron chi connectivity index (χ3n) is 8.11. The standard InChI is InChI=1S/C28H32F3N5O4/c1-26(2,3)21(35-25(39)28(29,30)31)24(38)36-13-16-19(27(16,4)5)20(36)22(37)34-17(11-32)18-15-10-8-7-9-14(15)12-33-23(18)40-6/h7-10,12,16-17,19-21H,13H2,1-6H3,(H,34,37)(H,35,39). The summed E-state index contributed by atoms with van der Waals surface area (Å²) in [5, 5.41) is 16.0. The van der Waals surface area contributed by atoms with Crippen molar-refractivity contribution in [2.45, 2.75) is 58.9 Å². The molecular weight excluding hydrogens is 527 g/mol. The number of alkyl halides is 3. The fourth-order valence-electron chi connectivity index (χ4n) is 5.85. The molecule has 2 aromatic rings. The van der Waals surface area contributed by atoms with Crippen LogP contribution in [-0.2, 0) is 14.4 Å². The highest BCUT2D eigenvalue weighted by Gasteiger charge is 2.70. The minimum Gasteiger partial charge on any atom is -0.481 e. The molecule has 2 fully saturated rings. The van der Waals surface area contributed by atoms with Crippen LogP contribution in [-0.4, -0.2) is 59.5 Å². The SMILES string of the molecule is COc1ncc2ccccc2c1C(C#N)NC(=O)C1C2C(CN1C(=O)C(NC(=O)C(F)(F)F)C(C)(C)C)C2(C)C. The fraction of sp³-hybridized carbons (Fsp3) is 0.536. The number of hydrogen-bond donors (Lipinski definition) is 2. The summed E-state index contributed by atoms with van der Waals surface area (Å²) < 4.78 is 44.6. The third kappa shape index (κ3) is 5.05. The zero-order valence-electron chi connectivity index (χ0n) is 23.1. The zero-order chi connectivity index (χ0) is 29.8. The van der Waals surface area contributed by atoms with Gasteiger partial charge in [0.05, 0.1) is 18.7 Å². The van der Waals surface area contributed by atoms with Gasteiger partial charge in [0.1, 0.15) is 18.1 Å². The van der Waals surface area contributed by atoms with Crippen LogP contribution in [0.25, 0.3) is 10.8 Å². The van der Waals surface area contributed by atoms with Gasteiger partial charge >= 0.3 is 12.1 Å². The average molecular weight is 560 g/mol. The summed E-state index contributed by atoms with van der Waals surface area (Å²) in [6, 6.07) is 5.46. The summed E-state index contributed by atoms with van der Waals surface area (Å²) in [7, 11) is 1.40. The minimum atomic E-state index is -5.18. The lowest BCUT2D eigenvalue weighted by Crippen LogP contribution is -2.60. The van der Waals surface area contributed by atoms with Crippen LogP contribution in [0.2, 0.25) is 0 Å². The van der Waals surface area contributed by atoms with Crippen molar-refractivity contribution in [1.29, 1.82) is 5.26 Å². The highest BCUT2D eigenvalue weighted by Crippen LogP contribution is 2.65. The van der Waals surface area contributed by atoms with Gasteiger partial charge in [0, 0.05) is 18.1 Å². The largest absolute Gasteiger partial charge is 0.481 e. The lowest BCUT2D eigenvalue weighted by molar-refractivity contribution is -0.176. The van der Waals surface area contributed by atoms with Crippen molar-refractivity contribution in [3.8, 4) is 11.9 Å². The summed E-state index contributed by atoms with van der Waals surface area (Å²) in [5.41, 5.74) is -1.03. The third-order valence-corrected chi connectivity index (χ3v) is 8.11. The summed E-state index contributed by atoms with van der Waals surface area (Å²) in [6.45, 7) is 8.65. The first-order valence-electron chi connectivity index (χ1n) is 12.8. The normalized spacial score (nSPS) is 23.0. The maximum absolute atomic E-state index is 13.8. The van der Waals surface area contributed by atoms with Crippen LogP contribution in [0.4, 0.5) is 13.2 Å². The van der Waals surface area contributed by atoms with Crippen LogP contribution in [0.5, 0.6) is 5.88 Å². The number of pyridine rings is 1. The number of rotatable bonds is 6. The molecule has 1 aromatic heterocycles. The van der Waals surface area contributed by atoms with E-state index < -0.39 is 47.4 Å². The average Bonchev–Trinajstić information content (AvgIpc) is 3.20. The second kappa shape index (κ2) is 9.94. The Bertz CT molecular complexity index is 1400. The zero-order valence-corrected chi connectivity index (χ0v) is 23.1. The van der Waals surface area contributed by atoms with Crippen LogP contribution in [0, 0.1) is 34.0 Å². The van der Waals surface area contributed by atoms with Crippen LogP contribution < -0.4 is 15.4 Å². The molecule has 12 heteroatoms. The van der Waals surface area contributed by atoms with Crippen LogP contribution >= 0.6 is 0 Å². The molecule has 2 heterocycles. The van der Waals surface area contributed by atoms with Crippen molar-refractivity contribution in [2.24, 2.45) is 22.7 Å². The smallest absolute Gasteiger partial charge is 0.471 e. The number of hydrogen-bond acceptors (Lipinski definition) is 6. The minimum absolute atomic E-state index is 0.0690. The molecule has 40 heavy (non-hydrogen) atoms. The Balaban J connectivity index is 1.67. The van der Waals surface area contributed by atoms with Gasteiger partial charge in [-0.15, -0.1) is 0 Å². The van der Waals surface area contributed by atoms with Gasteiger partial charge in [-0.1, -0.05) is 58.9 Å². The first-order valence-corrected chi connectivity index (χ1v) is 12.8. The number of ether oxygens (including phenoxy) is 1. The number of nitrogens with one attached hydrogen (secondary N) is 2. The number of likely N-dealkylation sites (tertiary alicyclic amines) is 1. The summed E-state index contributed by atoms with van der Waals surface area (Å²) >= 11 is 0. The topological polar surface area (TPSA) is 124 Å². The van der Waals surface area contributed by atoms with Crippen molar-refractivity contribution < 1.29 is 32.3 Å². The second-order valence-corrected chi connectivity index (χ2v) is 12.0.